The van der Waals surface area contributed by atoms with Gasteiger partial charge in [0, 0.05) is 17.8 Å². The third-order valence-electron chi connectivity index (χ3n) is 4.25. The Kier molecular flexibility index (Phi) is 6.08. The summed E-state index contributed by atoms with van der Waals surface area (Å²) in [6.07, 6.45) is 6.38. The summed E-state index contributed by atoms with van der Waals surface area (Å²) < 4.78 is 0. The molecule has 1 fully saturated rings. The third kappa shape index (κ3) is 4.93. The van der Waals surface area contributed by atoms with Crippen LogP contribution in [0.5, 0.6) is 0 Å². The summed E-state index contributed by atoms with van der Waals surface area (Å²) in [5, 5.41) is 3.10. The van der Waals surface area contributed by atoms with Gasteiger partial charge in [-0.1, -0.05) is 40.2 Å². The zero-order chi connectivity index (χ0) is 14.4. The predicted molar refractivity (Wildman–Crippen MR) is 87.2 cm³/mol. The van der Waals surface area contributed by atoms with Gasteiger partial charge in [-0.05, 0) is 56.1 Å². The Morgan fingerprint density at radius 1 is 1.25 bits per heavy atom. The summed E-state index contributed by atoms with van der Waals surface area (Å²) in [4.78, 5) is 12.6. The number of halogens is 1. The Labute approximate surface area is 130 Å². The Hall–Kier alpha value is -0.830. The van der Waals surface area contributed by atoms with Gasteiger partial charge in [-0.2, -0.15) is 0 Å². The number of benzene rings is 1. The van der Waals surface area contributed by atoms with Gasteiger partial charge in [-0.3, -0.25) is 4.79 Å². The maximum atomic E-state index is 11.9. The minimum atomic E-state index is 0.189. The van der Waals surface area contributed by atoms with Crippen molar-refractivity contribution in [1.29, 1.82) is 0 Å². The molecule has 1 aliphatic carbocycles. The van der Waals surface area contributed by atoms with Crippen LogP contribution in [0, 0.1) is 12.8 Å². The molecule has 0 aliphatic heterocycles. The molecular formula is C17H24BrNO. The second kappa shape index (κ2) is 7.82. The topological polar surface area (TPSA) is 29.1 Å². The smallest absolute Gasteiger partial charge is 0.220 e. The summed E-state index contributed by atoms with van der Waals surface area (Å²) in [7, 11) is 0. The normalized spacial score (nSPS) is 22.5. The standard InChI is InChI=1S/C17H24BrNO/c1-13-4-2-3-5-15(13)8-11-17(20)19-12-14-6-9-16(18)10-7-14/h2-5,14,16H,6-12H2,1H3,(H,19,20). The van der Waals surface area contributed by atoms with E-state index in [4.69, 9.17) is 0 Å². The molecule has 2 rings (SSSR count). The summed E-state index contributed by atoms with van der Waals surface area (Å²) in [5.41, 5.74) is 2.55. The molecule has 1 aromatic rings. The second-order valence-electron chi connectivity index (χ2n) is 5.85. The lowest BCUT2D eigenvalue weighted by molar-refractivity contribution is -0.121. The number of amides is 1. The van der Waals surface area contributed by atoms with Crippen LogP contribution in [0.2, 0.25) is 0 Å². The zero-order valence-electron chi connectivity index (χ0n) is 12.2. The van der Waals surface area contributed by atoms with Crippen LogP contribution in [0.15, 0.2) is 24.3 Å². The molecule has 0 bridgehead atoms. The van der Waals surface area contributed by atoms with Crippen molar-refractivity contribution in [2.24, 2.45) is 5.92 Å². The molecule has 1 aliphatic rings. The molecule has 0 heterocycles. The SMILES string of the molecule is Cc1ccccc1CCC(=O)NCC1CCC(Br)CC1. The lowest BCUT2D eigenvalue weighted by atomic mass is 9.89. The van der Waals surface area contributed by atoms with Crippen LogP contribution in [0.3, 0.4) is 0 Å². The Balaban J connectivity index is 1.67. The molecule has 1 N–H and O–H groups in total. The van der Waals surface area contributed by atoms with Crippen LogP contribution in [0.1, 0.15) is 43.2 Å². The third-order valence-corrected chi connectivity index (χ3v) is 5.16. The molecule has 0 spiro atoms. The van der Waals surface area contributed by atoms with E-state index in [9.17, 15) is 4.79 Å². The first kappa shape index (κ1) is 15.6. The van der Waals surface area contributed by atoms with Gasteiger partial charge in [0.1, 0.15) is 0 Å². The van der Waals surface area contributed by atoms with E-state index in [0.717, 1.165) is 13.0 Å². The minimum absolute atomic E-state index is 0.189. The summed E-state index contributed by atoms with van der Waals surface area (Å²) in [6.45, 7) is 2.96. The van der Waals surface area contributed by atoms with Gasteiger partial charge in [0.15, 0.2) is 0 Å². The van der Waals surface area contributed by atoms with Crippen LogP contribution in [0.25, 0.3) is 0 Å². The van der Waals surface area contributed by atoms with E-state index in [0.29, 0.717) is 17.2 Å². The lowest BCUT2D eigenvalue weighted by Crippen LogP contribution is -2.31. The van der Waals surface area contributed by atoms with E-state index in [1.807, 2.05) is 12.1 Å². The average molecular weight is 338 g/mol. The maximum absolute atomic E-state index is 11.9. The monoisotopic (exact) mass is 337 g/mol. The van der Waals surface area contributed by atoms with E-state index < -0.39 is 0 Å². The highest BCUT2D eigenvalue weighted by molar-refractivity contribution is 9.09. The molecule has 3 heteroatoms. The number of carbonyl (C=O) groups is 1. The van der Waals surface area contributed by atoms with Gasteiger partial charge < -0.3 is 5.32 Å². The average Bonchev–Trinajstić information content (AvgIpc) is 2.46. The van der Waals surface area contributed by atoms with E-state index in [1.54, 1.807) is 0 Å². The van der Waals surface area contributed by atoms with Crippen molar-refractivity contribution in [3.05, 3.63) is 35.4 Å². The first-order valence-corrected chi connectivity index (χ1v) is 8.52. The maximum Gasteiger partial charge on any atom is 0.220 e. The zero-order valence-corrected chi connectivity index (χ0v) is 13.8. The van der Waals surface area contributed by atoms with E-state index in [2.05, 4.69) is 40.3 Å². The van der Waals surface area contributed by atoms with Gasteiger partial charge in [-0.25, -0.2) is 0 Å². The van der Waals surface area contributed by atoms with E-state index in [1.165, 1.54) is 36.8 Å². The molecule has 1 amide bonds. The first-order valence-electron chi connectivity index (χ1n) is 7.60. The van der Waals surface area contributed by atoms with E-state index in [-0.39, 0.29) is 5.91 Å². The van der Waals surface area contributed by atoms with Gasteiger partial charge >= 0.3 is 0 Å². The van der Waals surface area contributed by atoms with Gasteiger partial charge in [0.25, 0.3) is 0 Å². The number of hydrogen-bond donors (Lipinski definition) is 1. The van der Waals surface area contributed by atoms with Crippen molar-refractivity contribution in [2.45, 2.75) is 50.3 Å². The van der Waals surface area contributed by atoms with Crippen molar-refractivity contribution < 1.29 is 4.79 Å². The van der Waals surface area contributed by atoms with Crippen molar-refractivity contribution in [3.63, 3.8) is 0 Å². The van der Waals surface area contributed by atoms with Crippen molar-refractivity contribution in [3.8, 4) is 0 Å². The Morgan fingerprint density at radius 2 is 1.95 bits per heavy atom. The quantitative estimate of drug-likeness (QED) is 0.808. The van der Waals surface area contributed by atoms with Crippen LogP contribution in [0.4, 0.5) is 0 Å². The molecular weight excluding hydrogens is 314 g/mol. The van der Waals surface area contributed by atoms with Crippen LogP contribution >= 0.6 is 15.9 Å². The molecule has 0 saturated heterocycles. The number of alkyl halides is 1. The summed E-state index contributed by atoms with van der Waals surface area (Å²) in [6, 6.07) is 8.30. The molecule has 20 heavy (non-hydrogen) atoms. The number of rotatable bonds is 5. The minimum Gasteiger partial charge on any atom is -0.356 e. The van der Waals surface area contributed by atoms with Crippen LogP contribution < -0.4 is 5.32 Å². The van der Waals surface area contributed by atoms with Crippen molar-refractivity contribution >= 4 is 21.8 Å². The predicted octanol–water partition coefficient (Wildman–Crippen LogP) is 4.00. The van der Waals surface area contributed by atoms with Gasteiger partial charge in [0.2, 0.25) is 5.91 Å². The van der Waals surface area contributed by atoms with Crippen LogP contribution in [-0.2, 0) is 11.2 Å². The van der Waals surface area contributed by atoms with E-state index >= 15 is 0 Å². The fourth-order valence-corrected chi connectivity index (χ4v) is 3.34. The number of hydrogen-bond acceptors (Lipinski definition) is 1. The summed E-state index contributed by atoms with van der Waals surface area (Å²) >= 11 is 3.67. The highest BCUT2D eigenvalue weighted by atomic mass is 79.9. The molecule has 110 valence electrons. The molecule has 0 unspecified atom stereocenters. The first-order chi connectivity index (χ1) is 9.65. The molecule has 1 saturated carbocycles. The molecule has 0 aromatic heterocycles. The molecule has 2 nitrogen and oxygen atoms in total. The highest BCUT2D eigenvalue weighted by Gasteiger charge is 2.19. The summed E-state index contributed by atoms with van der Waals surface area (Å²) in [5.74, 6) is 0.862. The van der Waals surface area contributed by atoms with Crippen molar-refractivity contribution in [1.82, 2.24) is 5.32 Å². The van der Waals surface area contributed by atoms with Gasteiger partial charge in [0.05, 0.1) is 0 Å². The fourth-order valence-electron chi connectivity index (χ4n) is 2.81. The van der Waals surface area contributed by atoms with Crippen molar-refractivity contribution in [2.75, 3.05) is 6.54 Å². The lowest BCUT2D eigenvalue weighted by Gasteiger charge is -2.25. The molecule has 0 radical (unpaired) electrons. The number of aryl methyl sites for hydroxylation is 2. The number of nitrogens with one attached hydrogen (secondary N) is 1. The van der Waals surface area contributed by atoms with Crippen LogP contribution in [-0.4, -0.2) is 17.3 Å². The highest BCUT2D eigenvalue weighted by Crippen LogP contribution is 2.28. The van der Waals surface area contributed by atoms with Gasteiger partial charge in [-0.15, -0.1) is 0 Å². The molecule has 1 aromatic carbocycles. The second-order valence-corrected chi connectivity index (χ2v) is 7.14. The fraction of sp³-hybridized carbons (Fsp3) is 0.588. The Bertz CT molecular complexity index is 438. The number of carbonyl (C=O) groups excluding carboxylic acids is 1. The largest absolute Gasteiger partial charge is 0.356 e. The Morgan fingerprint density at radius 3 is 2.65 bits per heavy atom. The molecule has 0 atom stereocenters.